The first-order valence-corrected chi connectivity index (χ1v) is 5.43. The summed E-state index contributed by atoms with van der Waals surface area (Å²) in [7, 11) is 4.36. The van der Waals surface area contributed by atoms with E-state index in [1.165, 1.54) is 0 Å². The summed E-state index contributed by atoms with van der Waals surface area (Å²) in [5.74, 6) is 0.640. The third kappa shape index (κ3) is 8.69. The molecular formula is C7H19O2P2+. The van der Waals surface area contributed by atoms with Crippen molar-refractivity contribution in [2.24, 2.45) is 5.92 Å². The fourth-order valence-electron chi connectivity index (χ4n) is 0.503. The Morgan fingerprint density at radius 3 is 2.64 bits per heavy atom. The molecule has 0 aliphatic heterocycles. The molecule has 0 saturated heterocycles. The summed E-state index contributed by atoms with van der Waals surface area (Å²) < 4.78 is 10.5. The summed E-state index contributed by atoms with van der Waals surface area (Å²) in [6, 6.07) is 0. The molecular weight excluding hydrogens is 178 g/mol. The van der Waals surface area contributed by atoms with E-state index >= 15 is 0 Å². The second kappa shape index (κ2) is 7.43. The third-order valence-corrected chi connectivity index (χ3v) is 1.89. The van der Waals surface area contributed by atoms with Gasteiger partial charge in [-0.25, -0.2) is 0 Å². The minimum atomic E-state index is 0.215. The van der Waals surface area contributed by atoms with Gasteiger partial charge in [0.1, 0.15) is 0 Å². The van der Waals surface area contributed by atoms with E-state index in [2.05, 4.69) is 23.1 Å². The molecule has 4 atom stereocenters. The number of hydrogen-bond acceptors (Lipinski definition) is 2. The van der Waals surface area contributed by atoms with Gasteiger partial charge >= 0.3 is 0 Å². The van der Waals surface area contributed by atoms with Gasteiger partial charge in [0.25, 0.3) is 0 Å². The van der Waals surface area contributed by atoms with E-state index in [-0.39, 0.29) is 5.59 Å². The van der Waals surface area contributed by atoms with Crippen molar-refractivity contribution in [1.82, 2.24) is 0 Å². The Hall–Kier alpha value is 0.780. The molecule has 0 aromatic heterocycles. The van der Waals surface area contributed by atoms with Crippen LogP contribution in [0.25, 0.3) is 0 Å². The molecule has 2 nitrogen and oxygen atoms in total. The maximum Gasteiger partial charge on any atom is 0.173 e. The van der Waals surface area contributed by atoms with Crippen LogP contribution in [0.3, 0.4) is 0 Å². The molecule has 0 aromatic carbocycles. The van der Waals surface area contributed by atoms with Gasteiger partial charge in [0.2, 0.25) is 0 Å². The molecule has 11 heavy (non-hydrogen) atoms. The van der Waals surface area contributed by atoms with Crippen LogP contribution in [0.4, 0.5) is 0 Å². The predicted octanol–water partition coefficient (Wildman–Crippen LogP) is 1.79. The van der Waals surface area contributed by atoms with Crippen LogP contribution in [0.2, 0.25) is 0 Å². The maximum atomic E-state index is 5.27. The molecule has 4 unspecified atom stereocenters. The Morgan fingerprint density at radius 1 is 1.55 bits per heavy atom. The lowest BCUT2D eigenvalue weighted by molar-refractivity contribution is -0.0548. The second-order valence-electron chi connectivity index (χ2n) is 2.71. The quantitative estimate of drug-likeness (QED) is 0.367. The van der Waals surface area contributed by atoms with Gasteiger partial charge in [0, 0.05) is 9.24 Å². The standard InChI is InChI=1S/C7H18O2P2/c1-3-6(2)4-8-5-9-7(10)11/h6-7H,3-5,10-11H2,1-2H3/p+1. The summed E-state index contributed by atoms with van der Waals surface area (Å²) in [4.78, 5) is 0. The molecule has 0 fully saturated rings. The van der Waals surface area contributed by atoms with Gasteiger partial charge in [-0.15, -0.1) is 0 Å². The Balaban J connectivity index is 3.01. The topological polar surface area (TPSA) is 18.5 Å². The van der Waals surface area contributed by atoms with E-state index in [1.54, 1.807) is 9.24 Å². The molecule has 0 spiro atoms. The van der Waals surface area contributed by atoms with Crippen molar-refractivity contribution in [3.8, 4) is 0 Å². The van der Waals surface area contributed by atoms with Crippen LogP contribution in [0.15, 0.2) is 0 Å². The zero-order valence-electron chi connectivity index (χ0n) is 7.38. The molecule has 0 heterocycles. The zero-order chi connectivity index (χ0) is 8.69. The molecule has 0 aromatic rings. The second-order valence-corrected chi connectivity index (χ2v) is 5.20. The highest BCUT2D eigenvalue weighted by atomic mass is 31.1. The molecule has 0 bridgehead atoms. The number of hydrogen-bond donors (Lipinski definition) is 0. The number of rotatable bonds is 6. The lowest BCUT2D eigenvalue weighted by Gasteiger charge is -2.09. The Morgan fingerprint density at radius 2 is 2.18 bits per heavy atom. The molecule has 0 saturated carbocycles. The first-order chi connectivity index (χ1) is 5.16. The molecule has 0 amide bonds. The van der Waals surface area contributed by atoms with Crippen LogP contribution in [0, 0.1) is 5.92 Å². The molecule has 4 heteroatoms. The van der Waals surface area contributed by atoms with Crippen molar-refractivity contribution >= 4 is 18.5 Å². The Kier molecular flexibility index (Phi) is 7.96. The lowest BCUT2D eigenvalue weighted by atomic mass is 10.1. The first kappa shape index (κ1) is 11.8. The zero-order valence-corrected chi connectivity index (χ0v) is 9.95. The van der Waals surface area contributed by atoms with Crippen LogP contribution in [-0.4, -0.2) is 19.0 Å². The van der Waals surface area contributed by atoms with Crippen LogP contribution in [-0.2, 0) is 9.47 Å². The van der Waals surface area contributed by atoms with E-state index < -0.39 is 0 Å². The normalized spacial score (nSPS) is 16.6. The minimum absolute atomic E-state index is 0.215. The van der Waals surface area contributed by atoms with Crippen LogP contribution < -0.4 is 0 Å². The van der Waals surface area contributed by atoms with Gasteiger partial charge in [-0.2, -0.15) is 0 Å². The maximum absolute atomic E-state index is 5.27. The predicted molar refractivity (Wildman–Crippen MR) is 56.0 cm³/mol. The van der Waals surface area contributed by atoms with Gasteiger partial charge in [-0.3, -0.25) is 0 Å². The Bertz CT molecular complexity index is 88.5. The van der Waals surface area contributed by atoms with E-state index in [1.807, 2.05) is 0 Å². The fraction of sp³-hybridized carbons (Fsp3) is 1.00. The van der Waals surface area contributed by atoms with E-state index in [9.17, 15) is 0 Å². The third-order valence-electron chi connectivity index (χ3n) is 1.46. The highest BCUT2D eigenvalue weighted by molar-refractivity contribution is 7.37. The van der Waals surface area contributed by atoms with E-state index in [0.717, 1.165) is 13.0 Å². The van der Waals surface area contributed by atoms with Crippen molar-refractivity contribution in [3.63, 3.8) is 0 Å². The molecule has 0 rings (SSSR count). The highest BCUT2D eigenvalue weighted by Gasteiger charge is 2.00. The van der Waals surface area contributed by atoms with Crippen molar-refractivity contribution in [3.05, 3.63) is 0 Å². The monoisotopic (exact) mass is 197 g/mol. The number of ether oxygens (including phenoxy) is 2. The summed E-state index contributed by atoms with van der Waals surface area (Å²) in [6.45, 7) is 5.56. The lowest BCUT2D eigenvalue weighted by Crippen LogP contribution is -2.08. The average molecular weight is 197 g/mol. The summed E-state index contributed by atoms with van der Waals surface area (Å²) in [5, 5.41) is 0. The van der Waals surface area contributed by atoms with Gasteiger partial charge in [-0.1, -0.05) is 29.5 Å². The molecule has 0 radical (unpaired) electrons. The Labute approximate surface area is 73.8 Å². The van der Waals surface area contributed by atoms with Crippen molar-refractivity contribution in [1.29, 1.82) is 0 Å². The van der Waals surface area contributed by atoms with Crippen LogP contribution >= 0.6 is 18.5 Å². The van der Waals surface area contributed by atoms with Crippen LogP contribution in [0.5, 0.6) is 0 Å². The van der Waals surface area contributed by atoms with Gasteiger partial charge < -0.3 is 9.47 Å². The van der Waals surface area contributed by atoms with Gasteiger partial charge in [-0.05, 0) is 5.92 Å². The van der Waals surface area contributed by atoms with Crippen molar-refractivity contribution < 1.29 is 9.47 Å². The van der Waals surface area contributed by atoms with Gasteiger partial charge in [0.05, 0.1) is 6.61 Å². The minimum Gasteiger partial charge on any atom is -0.355 e. The van der Waals surface area contributed by atoms with Gasteiger partial charge in [0.15, 0.2) is 12.4 Å². The van der Waals surface area contributed by atoms with Crippen LogP contribution in [0.1, 0.15) is 20.3 Å². The van der Waals surface area contributed by atoms with E-state index in [0.29, 0.717) is 12.7 Å². The molecule has 0 aliphatic carbocycles. The summed E-state index contributed by atoms with van der Waals surface area (Å²) in [5.41, 5.74) is 0.215. The molecule has 0 N–H and O–H groups in total. The summed E-state index contributed by atoms with van der Waals surface area (Å²) in [6.07, 6.45) is 1.16. The SMILES string of the molecule is CCC(C)COCOC(P)[PH3+]. The smallest absolute Gasteiger partial charge is 0.173 e. The molecule has 68 valence electrons. The largest absolute Gasteiger partial charge is 0.355 e. The highest BCUT2D eigenvalue weighted by Crippen LogP contribution is 2.10. The first-order valence-electron chi connectivity index (χ1n) is 3.94. The van der Waals surface area contributed by atoms with E-state index in [4.69, 9.17) is 9.47 Å². The van der Waals surface area contributed by atoms with Crippen molar-refractivity contribution in [2.75, 3.05) is 13.4 Å². The average Bonchev–Trinajstić information content (AvgIpc) is 1.97. The summed E-state index contributed by atoms with van der Waals surface area (Å²) >= 11 is 0. The molecule has 0 aliphatic rings. The van der Waals surface area contributed by atoms with Crippen molar-refractivity contribution in [2.45, 2.75) is 25.9 Å². The fourth-order valence-corrected chi connectivity index (χ4v) is 0.677.